The summed E-state index contributed by atoms with van der Waals surface area (Å²) >= 11 is 7.16. The van der Waals surface area contributed by atoms with Gasteiger partial charge in [-0.25, -0.2) is 4.98 Å². The molecule has 1 N–H and O–H groups in total. The third-order valence-electron chi connectivity index (χ3n) is 5.42. The Morgan fingerprint density at radius 1 is 1.25 bits per heavy atom. The smallest absolute Gasteiger partial charge is 0.280 e. The minimum Gasteiger partial charge on any atom is -0.319 e. The highest BCUT2D eigenvalue weighted by Crippen LogP contribution is 2.40. The maximum Gasteiger partial charge on any atom is 0.280 e. The molecular formula is C20H20Br2N4O2. The van der Waals surface area contributed by atoms with E-state index in [2.05, 4.69) is 48.7 Å². The largest absolute Gasteiger partial charge is 0.319 e. The van der Waals surface area contributed by atoms with E-state index >= 15 is 0 Å². The summed E-state index contributed by atoms with van der Waals surface area (Å²) in [4.78, 5) is 16.2. The lowest BCUT2D eigenvalue weighted by atomic mass is 10.1. The number of hydrogen-bond acceptors (Lipinski definition) is 4. The Morgan fingerprint density at radius 2 is 2.04 bits per heavy atom. The number of imidazole rings is 1. The van der Waals surface area contributed by atoms with E-state index < -0.39 is 0 Å². The molecule has 0 aliphatic carbocycles. The molecule has 8 heteroatoms. The molecule has 1 aliphatic heterocycles. The second-order valence-electron chi connectivity index (χ2n) is 7.04. The van der Waals surface area contributed by atoms with Crippen LogP contribution in [-0.2, 0) is 0 Å². The van der Waals surface area contributed by atoms with Gasteiger partial charge >= 0.3 is 0 Å². The molecule has 28 heavy (non-hydrogen) atoms. The van der Waals surface area contributed by atoms with Crippen LogP contribution in [0.15, 0.2) is 42.5 Å². The van der Waals surface area contributed by atoms with Crippen LogP contribution < -0.4 is 5.32 Å². The van der Waals surface area contributed by atoms with Crippen molar-refractivity contribution in [3.8, 4) is 11.4 Å². The van der Waals surface area contributed by atoms with E-state index in [1.807, 2.05) is 24.3 Å². The van der Waals surface area contributed by atoms with Crippen LogP contribution in [0.1, 0.15) is 35.1 Å². The topological polar surface area (TPSA) is 73.0 Å². The van der Waals surface area contributed by atoms with Crippen LogP contribution in [0.5, 0.6) is 0 Å². The van der Waals surface area contributed by atoms with Crippen molar-refractivity contribution >= 4 is 48.6 Å². The van der Waals surface area contributed by atoms with Gasteiger partial charge < -0.3 is 9.88 Å². The van der Waals surface area contributed by atoms with Crippen molar-refractivity contribution in [3.63, 3.8) is 0 Å². The summed E-state index contributed by atoms with van der Waals surface area (Å²) in [7, 11) is 0. The highest BCUT2D eigenvalue weighted by atomic mass is 79.9. The molecule has 0 amide bonds. The number of rotatable bonds is 5. The number of halogens is 2. The Morgan fingerprint density at radius 3 is 2.71 bits per heavy atom. The minimum absolute atomic E-state index is 0.0504. The zero-order valence-corrected chi connectivity index (χ0v) is 18.5. The first-order chi connectivity index (χ1) is 13.5. The van der Waals surface area contributed by atoms with Gasteiger partial charge in [-0.05, 0) is 38.4 Å². The number of benzene rings is 2. The molecular weight excluding hydrogens is 488 g/mol. The molecule has 1 aliphatic rings. The number of fused-ring (bicyclic) bond motifs is 1. The first kappa shape index (κ1) is 19.5. The SMILES string of the molecule is C[C@@H](C1CCCN1)n1c(-c2ccccc2[N+](=O)[O-])nc2c(C(Br)Br)cccc21. The van der Waals surface area contributed by atoms with Gasteiger partial charge in [0.2, 0.25) is 0 Å². The van der Waals surface area contributed by atoms with E-state index in [0.29, 0.717) is 17.4 Å². The van der Waals surface area contributed by atoms with E-state index in [1.165, 1.54) is 6.07 Å². The Hall–Kier alpha value is -1.77. The van der Waals surface area contributed by atoms with E-state index in [-0.39, 0.29) is 20.4 Å². The summed E-state index contributed by atoms with van der Waals surface area (Å²) in [5.74, 6) is 0.636. The Kier molecular flexibility index (Phi) is 5.53. The number of hydrogen-bond donors (Lipinski definition) is 1. The Labute approximate surface area is 179 Å². The molecule has 2 heterocycles. The van der Waals surface area contributed by atoms with Crippen molar-refractivity contribution in [3.05, 3.63) is 58.1 Å². The summed E-state index contributed by atoms with van der Waals surface area (Å²) < 4.78 is 2.11. The van der Waals surface area contributed by atoms with Gasteiger partial charge in [-0.3, -0.25) is 10.1 Å². The van der Waals surface area contributed by atoms with Gasteiger partial charge in [0.05, 0.1) is 25.3 Å². The Bertz CT molecular complexity index is 1030. The lowest BCUT2D eigenvalue weighted by molar-refractivity contribution is -0.384. The fourth-order valence-corrected chi connectivity index (χ4v) is 4.78. The molecule has 146 valence electrons. The molecule has 1 saturated heterocycles. The van der Waals surface area contributed by atoms with Crippen LogP contribution in [0.2, 0.25) is 0 Å². The minimum atomic E-state index is -0.337. The zero-order valence-electron chi connectivity index (χ0n) is 15.3. The predicted molar refractivity (Wildman–Crippen MR) is 118 cm³/mol. The van der Waals surface area contributed by atoms with Gasteiger partial charge in [-0.1, -0.05) is 56.1 Å². The van der Waals surface area contributed by atoms with Gasteiger partial charge in [0.15, 0.2) is 0 Å². The molecule has 2 atom stereocenters. The highest BCUT2D eigenvalue weighted by Gasteiger charge is 2.29. The van der Waals surface area contributed by atoms with Crippen LogP contribution in [0.3, 0.4) is 0 Å². The fourth-order valence-electron chi connectivity index (χ4n) is 4.04. The summed E-state index contributed by atoms with van der Waals surface area (Å²) in [5.41, 5.74) is 3.44. The molecule has 3 aromatic rings. The van der Waals surface area contributed by atoms with Gasteiger partial charge in [-0.15, -0.1) is 0 Å². The van der Waals surface area contributed by atoms with Crippen LogP contribution >= 0.6 is 31.9 Å². The predicted octanol–water partition coefficient (Wildman–Crippen LogP) is 5.71. The van der Waals surface area contributed by atoms with Gasteiger partial charge in [0.1, 0.15) is 5.82 Å². The second-order valence-corrected chi connectivity index (χ2v) is 10.1. The van der Waals surface area contributed by atoms with Crippen LogP contribution in [0.25, 0.3) is 22.4 Å². The van der Waals surface area contributed by atoms with Crippen molar-refractivity contribution in [1.29, 1.82) is 0 Å². The third-order valence-corrected chi connectivity index (χ3v) is 6.40. The molecule has 0 saturated carbocycles. The molecule has 0 spiro atoms. The Balaban J connectivity index is 2.01. The maximum atomic E-state index is 11.7. The first-order valence-corrected chi connectivity index (χ1v) is 11.1. The van der Waals surface area contributed by atoms with Crippen LogP contribution in [0.4, 0.5) is 5.69 Å². The number of nitrogens with zero attached hydrogens (tertiary/aromatic N) is 3. The highest BCUT2D eigenvalue weighted by molar-refractivity contribution is 9.24. The molecule has 0 bridgehead atoms. The average molecular weight is 508 g/mol. The molecule has 1 aromatic heterocycles. The number of aromatic nitrogens is 2. The van der Waals surface area contributed by atoms with E-state index in [0.717, 1.165) is 36.0 Å². The molecule has 0 radical (unpaired) electrons. The van der Waals surface area contributed by atoms with Gasteiger partial charge in [0.25, 0.3) is 5.69 Å². The number of para-hydroxylation sites is 2. The quantitative estimate of drug-likeness (QED) is 0.272. The lowest BCUT2D eigenvalue weighted by Crippen LogP contribution is -2.31. The van der Waals surface area contributed by atoms with E-state index in [1.54, 1.807) is 12.1 Å². The molecule has 4 rings (SSSR count). The number of nitrogens with one attached hydrogen (secondary N) is 1. The average Bonchev–Trinajstić information content (AvgIpc) is 3.35. The van der Waals surface area contributed by atoms with Gasteiger partial charge in [0, 0.05) is 23.7 Å². The van der Waals surface area contributed by atoms with Crippen molar-refractivity contribution in [1.82, 2.24) is 14.9 Å². The summed E-state index contributed by atoms with van der Waals surface area (Å²) in [6, 6.07) is 13.3. The summed E-state index contributed by atoms with van der Waals surface area (Å²) in [5, 5.41) is 15.2. The van der Waals surface area contributed by atoms with Crippen molar-refractivity contribution < 1.29 is 4.92 Å². The van der Waals surface area contributed by atoms with Crippen LogP contribution in [0, 0.1) is 10.1 Å². The molecule has 1 fully saturated rings. The van der Waals surface area contributed by atoms with E-state index in [9.17, 15) is 10.1 Å². The van der Waals surface area contributed by atoms with Crippen molar-refractivity contribution in [2.24, 2.45) is 0 Å². The molecule has 1 unspecified atom stereocenters. The number of nitro benzene ring substituents is 1. The van der Waals surface area contributed by atoms with E-state index in [4.69, 9.17) is 4.98 Å². The standard InChI is InChI=1S/C20H20Br2N4O2/c1-12(15-8-5-11-23-15)25-17-10-4-7-14(19(21)22)18(17)24-20(25)13-6-2-3-9-16(13)26(27)28/h2-4,6-7,9-10,12,15,19,23H,5,8,11H2,1H3/t12-,15?/m0/s1. The molecule has 2 aromatic carbocycles. The normalized spacial score (nSPS) is 18.1. The fraction of sp³-hybridized carbons (Fsp3) is 0.350. The first-order valence-electron chi connectivity index (χ1n) is 9.25. The lowest BCUT2D eigenvalue weighted by Gasteiger charge is -2.24. The third kappa shape index (κ3) is 3.38. The van der Waals surface area contributed by atoms with Crippen LogP contribution in [-0.4, -0.2) is 27.1 Å². The summed E-state index contributed by atoms with van der Waals surface area (Å²) in [6.07, 6.45) is 2.22. The van der Waals surface area contributed by atoms with Gasteiger partial charge in [-0.2, -0.15) is 0 Å². The van der Waals surface area contributed by atoms with Crippen molar-refractivity contribution in [2.45, 2.75) is 35.6 Å². The number of alkyl halides is 2. The van der Waals surface area contributed by atoms with Crippen molar-refractivity contribution in [2.75, 3.05) is 6.54 Å². The zero-order chi connectivity index (χ0) is 19.8. The monoisotopic (exact) mass is 506 g/mol. The maximum absolute atomic E-state index is 11.7. The number of nitro groups is 1. The summed E-state index contributed by atoms with van der Waals surface area (Å²) in [6.45, 7) is 3.16. The molecule has 6 nitrogen and oxygen atoms in total. The second kappa shape index (κ2) is 7.93.